The summed E-state index contributed by atoms with van der Waals surface area (Å²) >= 11 is 1.13. The van der Waals surface area contributed by atoms with Gasteiger partial charge in [-0.3, -0.25) is 0 Å². The molecule has 0 saturated heterocycles. The summed E-state index contributed by atoms with van der Waals surface area (Å²) in [6.07, 6.45) is 1.12. The number of alkyl halides is 3. The minimum Gasteiger partial charge on any atom is -0.227 e. The molecule has 0 spiro atoms. The highest BCUT2D eigenvalue weighted by molar-refractivity contribution is 14.1. The van der Waals surface area contributed by atoms with Gasteiger partial charge in [-0.05, 0) is 40.4 Å². The van der Waals surface area contributed by atoms with Crippen molar-refractivity contribution in [2.45, 2.75) is 10.4 Å². The standard InChI is InChI=1S/C6H2F4INS/c7-5-4(13-6(8,9)10)3(11)1-2-12-5/h1-2H. The molecule has 0 bridgehead atoms. The molecule has 13 heavy (non-hydrogen) atoms. The van der Waals surface area contributed by atoms with E-state index >= 15 is 0 Å². The largest absolute Gasteiger partial charge is 0.446 e. The summed E-state index contributed by atoms with van der Waals surface area (Å²) in [7, 11) is 0. The van der Waals surface area contributed by atoms with Crippen molar-refractivity contribution in [1.82, 2.24) is 4.98 Å². The molecule has 0 radical (unpaired) electrons. The molecule has 1 aromatic heterocycles. The van der Waals surface area contributed by atoms with E-state index in [4.69, 9.17) is 0 Å². The van der Waals surface area contributed by atoms with Crippen molar-refractivity contribution in [3.63, 3.8) is 0 Å². The lowest BCUT2D eigenvalue weighted by atomic mass is 10.5. The Kier molecular flexibility index (Phi) is 3.38. The molecular formula is C6H2F4INS. The second-order valence-electron chi connectivity index (χ2n) is 1.96. The summed E-state index contributed by atoms with van der Waals surface area (Å²) in [6, 6.07) is 1.32. The van der Waals surface area contributed by atoms with Gasteiger partial charge in [0.1, 0.15) is 0 Å². The minimum absolute atomic E-state index is 0.201. The van der Waals surface area contributed by atoms with Gasteiger partial charge in [0.25, 0.3) is 0 Å². The molecule has 0 aromatic carbocycles. The van der Waals surface area contributed by atoms with Gasteiger partial charge in [-0.15, -0.1) is 0 Å². The van der Waals surface area contributed by atoms with Crippen LogP contribution in [0, 0.1) is 9.52 Å². The fourth-order valence-corrected chi connectivity index (χ4v) is 1.86. The highest BCUT2D eigenvalue weighted by atomic mass is 127. The van der Waals surface area contributed by atoms with E-state index < -0.39 is 28.1 Å². The Morgan fingerprint density at radius 1 is 1.38 bits per heavy atom. The average molecular weight is 323 g/mol. The molecule has 0 atom stereocenters. The van der Waals surface area contributed by atoms with E-state index in [2.05, 4.69) is 4.98 Å². The fraction of sp³-hybridized carbons (Fsp3) is 0.167. The highest BCUT2D eigenvalue weighted by Crippen LogP contribution is 2.39. The molecule has 72 valence electrons. The number of thioether (sulfide) groups is 1. The van der Waals surface area contributed by atoms with Gasteiger partial charge in [-0.25, -0.2) is 4.98 Å². The molecule has 0 amide bonds. The van der Waals surface area contributed by atoms with Crippen LogP contribution in [0.5, 0.6) is 0 Å². The van der Waals surface area contributed by atoms with Crippen molar-refractivity contribution in [1.29, 1.82) is 0 Å². The van der Waals surface area contributed by atoms with Crippen LogP contribution in [-0.4, -0.2) is 10.5 Å². The van der Waals surface area contributed by atoms with Crippen molar-refractivity contribution >= 4 is 34.4 Å². The van der Waals surface area contributed by atoms with Crippen LogP contribution in [0.15, 0.2) is 17.2 Å². The number of rotatable bonds is 1. The van der Waals surface area contributed by atoms with E-state index in [0.717, 1.165) is 6.20 Å². The zero-order valence-corrected chi connectivity index (χ0v) is 8.87. The summed E-state index contributed by atoms with van der Waals surface area (Å²) in [5.74, 6) is -1.09. The fourth-order valence-electron chi connectivity index (χ4n) is 0.608. The second kappa shape index (κ2) is 3.99. The molecule has 0 aliphatic rings. The monoisotopic (exact) mass is 323 g/mol. The summed E-state index contributed by atoms with van der Waals surface area (Å²) in [5, 5.41) is 0. The third-order valence-corrected chi connectivity index (χ3v) is 3.12. The van der Waals surface area contributed by atoms with Crippen molar-refractivity contribution in [3.8, 4) is 0 Å². The zero-order valence-electron chi connectivity index (χ0n) is 5.90. The van der Waals surface area contributed by atoms with Crippen LogP contribution in [-0.2, 0) is 0 Å². The van der Waals surface area contributed by atoms with E-state index in [9.17, 15) is 17.6 Å². The predicted molar refractivity (Wildman–Crippen MR) is 48.8 cm³/mol. The lowest BCUT2D eigenvalue weighted by Crippen LogP contribution is -2.02. The van der Waals surface area contributed by atoms with Gasteiger partial charge in [0, 0.05) is 9.77 Å². The van der Waals surface area contributed by atoms with E-state index in [1.807, 2.05) is 0 Å². The molecule has 1 heterocycles. The quantitative estimate of drug-likeness (QED) is 0.340. The van der Waals surface area contributed by atoms with Crippen LogP contribution in [0.4, 0.5) is 17.6 Å². The average Bonchev–Trinajstić information content (AvgIpc) is 1.95. The number of halogens is 5. The van der Waals surface area contributed by atoms with Gasteiger partial charge >= 0.3 is 5.51 Å². The van der Waals surface area contributed by atoms with E-state index in [0.29, 0.717) is 0 Å². The third-order valence-electron chi connectivity index (χ3n) is 1.03. The number of hydrogen-bond acceptors (Lipinski definition) is 2. The van der Waals surface area contributed by atoms with E-state index in [1.54, 1.807) is 22.6 Å². The van der Waals surface area contributed by atoms with Gasteiger partial charge < -0.3 is 0 Å². The van der Waals surface area contributed by atoms with Crippen LogP contribution in [0.1, 0.15) is 0 Å². The number of pyridine rings is 1. The first-order valence-corrected chi connectivity index (χ1v) is 4.85. The zero-order chi connectivity index (χ0) is 10.1. The van der Waals surface area contributed by atoms with Gasteiger partial charge in [0.05, 0.1) is 4.90 Å². The Morgan fingerprint density at radius 3 is 2.46 bits per heavy atom. The maximum atomic E-state index is 12.7. The lowest BCUT2D eigenvalue weighted by Gasteiger charge is -2.06. The van der Waals surface area contributed by atoms with Crippen LogP contribution in [0.3, 0.4) is 0 Å². The van der Waals surface area contributed by atoms with E-state index in [-0.39, 0.29) is 3.57 Å². The first-order valence-electron chi connectivity index (χ1n) is 2.96. The van der Waals surface area contributed by atoms with Crippen LogP contribution in [0.25, 0.3) is 0 Å². The predicted octanol–water partition coefficient (Wildman–Crippen LogP) is 3.44. The summed E-state index contributed by atoms with van der Waals surface area (Å²) in [4.78, 5) is 2.66. The van der Waals surface area contributed by atoms with Crippen LogP contribution < -0.4 is 0 Å². The van der Waals surface area contributed by atoms with E-state index in [1.165, 1.54) is 6.07 Å². The molecule has 0 aliphatic carbocycles. The molecule has 1 aromatic rings. The molecule has 7 heteroatoms. The second-order valence-corrected chi connectivity index (χ2v) is 4.20. The summed E-state index contributed by atoms with van der Waals surface area (Å²) < 4.78 is 48.5. The van der Waals surface area contributed by atoms with Crippen molar-refractivity contribution < 1.29 is 17.6 Å². The van der Waals surface area contributed by atoms with Gasteiger partial charge in [-0.2, -0.15) is 17.6 Å². The Morgan fingerprint density at radius 2 is 2.00 bits per heavy atom. The first kappa shape index (κ1) is 11.0. The maximum Gasteiger partial charge on any atom is 0.446 e. The Balaban J connectivity index is 3.00. The summed E-state index contributed by atoms with van der Waals surface area (Å²) in [6.45, 7) is 0. The van der Waals surface area contributed by atoms with Gasteiger partial charge in [-0.1, -0.05) is 0 Å². The lowest BCUT2D eigenvalue weighted by molar-refractivity contribution is -0.0329. The normalized spacial score (nSPS) is 11.8. The molecule has 0 aliphatic heterocycles. The molecule has 0 unspecified atom stereocenters. The smallest absolute Gasteiger partial charge is 0.227 e. The molecule has 1 nitrogen and oxygen atoms in total. The number of nitrogens with zero attached hydrogens (tertiary/aromatic N) is 1. The molecule has 1 rings (SSSR count). The topological polar surface area (TPSA) is 12.9 Å². The van der Waals surface area contributed by atoms with Gasteiger partial charge in [0.15, 0.2) is 0 Å². The number of hydrogen-bond donors (Lipinski definition) is 0. The minimum atomic E-state index is -4.48. The van der Waals surface area contributed by atoms with Crippen LogP contribution in [0.2, 0.25) is 0 Å². The third kappa shape index (κ3) is 3.29. The number of aromatic nitrogens is 1. The summed E-state index contributed by atoms with van der Waals surface area (Å²) in [5.41, 5.74) is -4.48. The Hall–Kier alpha value is -0.0500. The van der Waals surface area contributed by atoms with Crippen LogP contribution >= 0.6 is 34.4 Å². The Bertz CT molecular complexity index is 294. The SMILES string of the molecule is Fc1nccc(I)c1SC(F)(F)F. The maximum absolute atomic E-state index is 12.7. The van der Waals surface area contributed by atoms with Crippen molar-refractivity contribution in [2.24, 2.45) is 0 Å². The van der Waals surface area contributed by atoms with Gasteiger partial charge in [0.2, 0.25) is 5.95 Å². The molecule has 0 N–H and O–H groups in total. The Labute approximate surface area is 89.1 Å². The molecular weight excluding hydrogens is 321 g/mol. The highest BCUT2D eigenvalue weighted by Gasteiger charge is 2.32. The van der Waals surface area contributed by atoms with Crippen molar-refractivity contribution in [2.75, 3.05) is 0 Å². The molecule has 0 saturated carbocycles. The van der Waals surface area contributed by atoms with Crippen molar-refractivity contribution in [3.05, 3.63) is 21.8 Å². The molecule has 0 fully saturated rings. The first-order chi connectivity index (χ1) is 5.90.